The molecule has 0 saturated heterocycles. The van der Waals surface area contributed by atoms with Crippen molar-refractivity contribution >= 4 is 5.91 Å². The molecule has 0 aliphatic heterocycles. The van der Waals surface area contributed by atoms with Crippen LogP contribution in [0.4, 0.5) is 0 Å². The normalized spacial score (nSPS) is 14.0. The molecule has 1 aromatic carbocycles. The number of benzene rings is 1. The van der Waals surface area contributed by atoms with E-state index < -0.39 is 12.2 Å². The minimum atomic E-state index is -0.616. The van der Waals surface area contributed by atoms with Crippen LogP contribution in [0.15, 0.2) is 18.2 Å². The highest BCUT2D eigenvalue weighted by molar-refractivity contribution is 5.94. The summed E-state index contributed by atoms with van der Waals surface area (Å²) in [5, 5.41) is 18.9. The second-order valence-electron chi connectivity index (χ2n) is 5.21. The van der Waals surface area contributed by atoms with Gasteiger partial charge in [0.15, 0.2) is 0 Å². The van der Waals surface area contributed by atoms with E-state index >= 15 is 0 Å². The van der Waals surface area contributed by atoms with Crippen LogP contribution in [0, 0.1) is 13.8 Å². The molecule has 106 valence electrons. The molecule has 0 fully saturated rings. The van der Waals surface area contributed by atoms with Crippen LogP contribution in [0.5, 0.6) is 0 Å². The molecule has 2 N–H and O–H groups in total. The SMILES string of the molecule is Cc1ccc(C(=O)N(CC(C)O)CC(C)O)cc1C. The summed E-state index contributed by atoms with van der Waals surface area (Å²) in [4.78, 5) is 13.9. The van der Waals surface area contributed by atoms with E-state index in [9.17, 15) is 15.0 Å². The van der Waals surface area contributed by atoms with Crippen LogP contribution < -0.4 is 0 Å². The average molecular weight is 265 g/mol. The Labute approximate surface area is 114 Å². The van der Waals surface area contributed by atoms with Gasteiger partial charge in [0.25, 0.3) is 5.91 Å². The number of aryl methyl sites for hydroxylation is 2. The summed E-state index contributed by atoms with van der Waals surface area (Å²) >= 11 is 0. The fourth-order valence-corrected chi connectivity index (χ4v) is 1.94. The van der Waals surface area contributed by atoms with Crippen LogP contribution in [0.3, 0.4) is 0 Å². The average Bonchev–Trinajstić information content (AvgIpc) is 2.29. The van der Waals surface area contributed by atoms with Crippen LogP contribution in [0.1, 0.15) is 35.3 Å². The number of aliphatic hydroxyl groups is 2. The quantitative estimate of drug-likeness (QED) is 0.848. The van der Waals surface area contributed by atoms with Crippen molar-refractivity contribution in [2.24, 2.45) is 0 Å². The minimum Gasteiger partial charge on any atom is -0.392 e. The highest BCUT2D eigenvalue weighted by Crippen LogP contribution is 2.13. The Bertz CT molecular complexity index is 431. The third-order valence-corrected chi connectivity index (χ3v) is 3.01. The Morgan fingerprint density at radius 3 is 2.05 bits per heavy atom. The van der Waals surface area contributed by atoms with E-state index in [0.717, 1.165) is 11.1 Å². The Balaban J connectivity index is 2.94. The van der Waals surface area contributed by atoms with Crippen molar-refractivity contribution in [1.82, 2.24) is 4.90 Å². The van der Waals surface area contributed by atoms with Gasteiger partial charge in [-0.1, -0.05) is 6.07 Å². The standard InChI is InChI=1S/C15H23NO3/c1-10-5-6-14(7-11(10)2)15(19)16(8-12(3)17)9-13(4)18/h5-7,12-13,17-18H,8-9H2,1-4H3. The molecule has 1 rings (SSSR count). The zero-order valence-electron chi connectivity index (χ0n) is 12.1. The van der Waals surface area contributed by atoms with Gasteiger partial charge >= 0.3 is 0 Å². The number of hydrogen-bond donors (Lipinski definition) is 2. The van der Waals surface area contributed by atoms with Gasteiger partial charge in [-0.05, 0) is 51.0 Å². The van der Waals surface area contributed by atoms with Crippen LogP contribution >= 0.6 is 0 Å². The first-order chi connectivity index (χ1) is 8.81. The van der Waals surface area contributed by atoms with Gasteiger partial charge < -0.3 is 15.1 Å². The van der Waals surface area contributed by atoms with Crippen molar-refractivity contribution in [2.75, 3.05) is 13.1 Å². The molecule has 1 amide bonds. The zero-order valence-corrected chi connectivity index (χ0v) is 12.1. The molecule has 4 nitrogen and oxygen atoms in total. The molecule has 2 unspecified atom stereocenters. The first-order valence-corrected chi connectivity index (χ1v) is 6.54. The molecule has 0 saturated carbocycles. The molecular formula is C15H23NO3. The third kappa shape index (κ3) is 4.65. The number of hydrogen-bond acceptors (Lipinski definition) is 3. The predicted molar refractivity (Wildman–Crippen MR) is 75.2 cm³/mol. The highest BCUT2D eigenvalue weighted by atomic mass is 16.3. The van der Waals surface area contributed by atoms with Gasteiger partial charge in [0.2, 0.25) is 0 Å². The summed E-state index contributed by atoms with van der Waals surface area (Å²) in [5.41, 5.74) is 2.78. The van der Waals surface area contributed by atoms with Crippen molar-refractivity contribution in [3.8, 4) is 0 Å². The lowest BCUT2D eigenvalue weighted by Gasteiger charge is -2.25. The van der Waals surface area contributed by atoms with Crippen LogP contribution in [0.2, 0.25) is 0 Å². The lowest BCUT2D eigenvalue weighted by Crippen LogP contribution is -2.40. The van der Waals surface area contributed by atoms with Gasteiger partial charge in [-0.3, -0.25) is 4.79 Å². The van der Waals surface area contributed by atoms with E-state index in [0.29, 0.717) is 5.56 Å². The molecule has 0 aromatic heterocycles. The van der Waals surface area contributed by atoms with E-state index in [1.54, 1.807) is 19.9 Å². The van der Waals surface area contributed by atoms with Crippen LogP contribution in [-0.2, 0) is 0 Å². The monoisotopic (exact) mass is 265 g/mol. The van der Waals surface area contributed by atoms with E-state index in [1.807, 2.05) is 26.0 Å². The maximum atomic E-state index is 12.4. The van der Waals surface area contributed by atoms with Gasteiger partial charge in [-0.2, -0.15) is 0 Å². The summed E-state index contributed by atoms with van der Waals surface area (Å²) in [5.74, 6) is -0.162. The molecule has 19 heavy (non-hydrogen) atoms. The fraction of sp³-hybridized carbons (Fsp3) is 0.533. The second kappa shape index (κ2) is 6.68. The maximum absolute atomic E-state index is 12.4. The molecule has 0 spiro atoms. The molecule has 2 atom stereocenters. The number of nitrogens with zero attached hydrogens (tertiary/aromatic N) is 1. The molecule has 0 aliphatic carbocycles. The summed E-state index contributed by atoms with van der Waals surface area (Å²) < 4.78 is 0. The number of carbonyl (C=O) groups excluding carboxylic acids is 1. The Kier molecular flexibility index (Phi) is 5.51. The summed E-state index contributed by atoms with van der Waals surface area (Å²) in [7, 11) is 0. The molecule has 0 aliphatic rings. The van der Waals surface area contributed by atoms with Gasteiger partial charge in [-0.25, -0.2) is 0 Å². The fourth-order valence-electron chi connectivity index (χ4n) is 1.94. The Morgan fingerprint density at radius 2 is 1.63 bits per heavy atom. The topological polar surface area (TPSA) is 60.8 Å². The predicted octanol–water partition coefficient (Wildman–Crippen LogP) is 1.51. The lowest BCUT2D eigenvalue weighted by molar-refractivity contribution is 0.0518. The summed E-state index contributed by atoms with van der Waals surface area (Å²) in [6.45, 7) is 7.64. The van der Waals surface area contributed by atoms with Crippen molar-refractivity contribution in [2.45, 2.75) is 39.9 Å². The number of rotatable bonds is 5. The smallest absolute Gasteiger partial charge is 0.254 e. The largest absolute Gasteiger partial charge is 0.392 e. The van der Waals surface area contributed by atoms with Crippen LogP contribution in [0.25, 0.3) is 0 Å². The third-order valence-electron chi connectivity index (χ3n) is 3.01. The molecular weight excluding hydrogens is 242 g/mol. The molecule has 0 radical (unpaired) electrons. The van der Waals surface area contributed by atoms with Crippen molar-refractivity contribution in [3.05, 3.63) is 34.9 Å². The Morgan fingerprint density at radius 1 is 1.11 bits per heavy atom. The highest BCUT2D eigenvalue weighted by Gasteiger charge is 2.19. The first-order valence-electron chi connectivity index (χ1n) is 6.54. The minimum absolute atomic E-state index is 0.162. The first kappa shape index (κ1) is 15.7. The van der Waals surface area contributed by atoms with Crippen molar-refractivity contribution in [1.29, 1.82) is 0 Å². The second-order valence-corrected chi connectivity index (χ2v) is 5.21. The lowest BCUT2D eigenvalue weighted by atomic mass is 10.1. The van der Waals surface area contributed by atoms with E-state index in [2.05, 4.69) is 0 Å². The molecule has 4 heteroatoms. The van der Waals surface area contributed by atoms with Crippen LogP contribution in [-0.4, -0.2) is 46.3 Å². The van der Waals surface area contributed by atoms with Gasteiger partial charge in [-0.15, -0.1) is 0 Å². The van der Waals surface area contributed by atoms with Crippen molar-refractivity contribution in [3.63, 3.8) is 0 Å². The summed E-state index contributed by atoms with van der Waals surface area (Å²) in [6.07, 6.45) is -1.23. The Hall–Kier alpha value is -1.39. The molecule has 0 bridgehead atoms. The number of amides is 1. The van der Waals surface area contributed by atoms with Gasteiger partial charge in [0.1, 0.15) is 0 Å². The van der Waals surface area contributed by atoms with Gasteiger partial charge in [0.05, 0.1) is 12.2 Å². The van der Waals surface area contributed by atoms with Gasteiger partial charge in [0, 0.05) is 18.7 Å². The van der Waals surface area contributed by atoms with E-state index in [-0.39, 0.29) is 19.0 Å². The number of aliphatic hydroxyl groups excluding tert-OH is 2. The van der Waals surface area contributed by atoms with E-state index in [4.69, 9.17) is 0 Å². The number of carbonyl (C=O) groups is 1. The summed E-state index contributed by atoms with van der Waals surface area (Å²) in [6, 6.07) is 5.53. The molecule has 0 heterocycles. The molecule has 1 aromatic rings. The maximum Gasteiger partial charge on any atom is 0.254 e. The van der Waals surface area contributed by atoms with Crippen molar-refractivity contribution < 1.29 is 15.0 Å². The zero-order chi connectivity index (χ0) is 14.6. The van der Waals surface area contributed by atoms with E-state index in [1.165, 1.54) is 4.90 Å².